The predicted molar refractivity (Wildman–Crippen MR) is 77.8 cm³/mol. The van der Waals surface area contributed by atoms with Crippen LogP contribution in [-0.4, -0.2) is 22.0 Å². The molecule has 4 heteroatoms. The number of aromatic nitrogens is 3. The number of benzene rings is 1. The van der Waals surface area contributed by atoms with Crippen molar-refractivity contribution in [3.8, 4) is 11.3 Å². The molecule has 2 rings (SSSR count). The van der Waals surface area contributed by atoms with Gasteiger partial charge < -0.3 is 5.32 Å². The van der Waals surface area contributed by atoms with Gasteiger partial charge in [0.1, 0.15) is 5.69 Å². The molecule has 0 aliphatic rings. The second kappa shape index (κ2) is 7.04. The monoisotopic (exact) mass is 258 g/mol. The number of rotatable bonds is 7. The third-order valence-electron chi connectivity index (χ3n) is 3.20. The Labute approximate surface area is 114 Å². The maximum atomic E-state index is 4.19. The Morgan fingerprint density at radius 3 is 2.68 bits per heavy atom. The molecule has 0 radical (unpaired) electrons. The van der Waals surface area contributed by atoms with Crippen molar-refractivity contribution in [1.82, 2.24) is 20.7 Å². The van der Waals surface area contributed by atoms with Crippen molar-refractivity contribution in [2.75, 3.05) is 6.54 Å². The smallest absolute Gasteiger partial charge is 0.117 e. The van der Waals surface area contributed by atoms with Gasteiger partial charge in [-0.05, 0) is 19.9 Å². The first-order valence-electron chi connectivity index (χ1n) is 6.99. The zero-order chi connectivity index (χ0) is 13.5. The molecule has 1 aromatic carbocycles. The maximum Gasteiger partial charge on any atom is 0.117 e. The van der Waals surface area contributed by atoms with Crippen molar-refractivity contribution in [2.24, 2.45) is 0 Å². The van der Waals surface area contributed by atoms with Crippen LogP contribution in [0.2, 0.25) is 0 Å². The fourth-order valence-electron chi connectivity index (χ4n) is 2.03. The van der Waals surface area contributed by atoms with Gasteiger partial charge in [0, 0.05) is 12.1 Å². The Bertz CT molecular complexity index is 487. The Kier molecular flexibility index (Phi) is 5.10. The highest BCUT2D eigenvalue weighted by molar-refractivity contribution is 5.61. The highest BCUT2D eigenvalue weighted by atomic mass is 15.3. The minimum Gasteiger partial charge on any atom is -0.311 e. The summed E-state index contributed by atoms with van der Waals surface area (Å²) in [5, 5.41) is 14.5. The van der Waals surface area contributed by atoms with E-state index in [1.165, 1.54) is 24.8 Å². The third-order valence-corrected chi connectivity index (χ3v) is 3.20. The largest absolute Gasteiger partial charge is 0.311 e. The van der Waals surface area contributed by atoms with E-state index in [9.17, 15) is 0 Å². The zero-order valence-electron chi connectivity index (χ0n) is 11.7. The molecular weight excluding hydrogens is 236 g/mol. The van der Waals surface area contributed by atoms with Gasteiger partial charge >= 0.3 is 0 Å². The second-order valence-electron chi connectivity index (χ2n) is 4.89. The van der Waals surface area contributed by atoms with E-state index in [-0.39, 0.29) is 0 Å². The van der Waals surface area contributed by atoms with Gasteiger partial charge in [-0.3, -0.25) is 5.10 Å². The lowest BCUT2D eigenvalue weighted by Crippen LogP contribution is -2.15. The number of unbranched alkanes of at least 4 members (excludes halogenated alkanes) is 2. The van der Waals surface area contributed by atoms with Gasteiger partial charge in [-0.1, -0.05) is 54.8 Å². The summed E-state index contributed by atoms with van der Waals surface area (Å²) >= 11 is 0. The van der Waals surface area contributed by atoms with Crippen LogP contribution in [0.15, 0.2) is 24.3 Å². The first-order valence-corrected chi connectivity index (χ1v) is 6.99. The SMILES string of the molecule is CCCCCNCc1[nH]nnc1-c1ccc(C)cc1. The normalized spacial score (nSPS) is 10.8. The van der Waals surface area contributed by atoms with Gasteiger partial charge in [-0.25, -0.2) is 0 Å². The Balaban J connectivity index is 1.96. The summed E-state index contributed by atoms with van der Waals surface area (Å²) in [6.45, 7) is 6.14. The lowest BCUT2D eigenvalue weighted by molar-refractivity contribution is 0.610. The van der Waals surface area contributed by atoms with Crippen LogP contribution in [-0.2, 0) is 6.54 Å². The van der Waals surface area contributed by atoms with Crippen LogP contribution in [0.4, 0.5) is 0 Å². The zero-order valence-corrected chi connectivity index (χ0v) is 11.7. The number of hydrogen-bond acceptors (Lipinski definition) is 3. The van der Waals surface area contributed by atoms with Crippen molar-refractivity contribution in [3.05, 3.63) is 35.5 Å². The highest BCUT2D eigenvalue weighted by Gasteiger charge is 2.08. The van der Waals surface area contributed by atoms with E-state index < -0.39 is 0 Å². The quantitative estimate of drug-likeness (QED) is 0.750. The summed E-state index contributed by atoms with van der Waals surface area (Å²) in [5.74, 6) is 0. The number of nitrogens with one attached hydrogen (secondary N) is 2. The summed E-state index contributed by atoms with van der Waals surface area (Å²) in [7, 11) is 0. The van der Waals surface area contributed by atoms with E-state index >= 15 is 0 Å². The lowest BCUT2D eigenvalue weighted by atomic mass is 10.1. The van der Waals surface area contributed by atoms with Crippen molar-refractivity contribution >= 4 is 0 Å². The van der Waals surface area contributed by atoms with Crippen LogP contribution in [0.25, 0.3) is 11.3 Å². The average Bonchev–Trinajstić information content (AvgIpc) is 2.88. The maximum absolute atomic E-state index is 4.19. The molecular formula is C15H22N4. The molecule has 0 aliphatic heterocycles. The van der Waals surface area contributed by atoms with Crippen LogP contribution >= 0.6 is 0 Å². The lowest BCUT2D eigenvalue weighted by Gasteiger charge is -2.04. The van der Waals surface area contributed by atoms with Gasteiger partial charge in [0.25, 0.3) is 0 Å². The van der Waals surface area contributed by atoms with Crippen LogP contribution in [0.3, 0.4) is 0 Å². The molecule has 0 saturated heterocycles. The molecule has 0 spiro atoms. The van der Waals surface area contributed by atoms with Crippen molar-refractivity contribution in [3.63, 3.8) is 0 Å². The highest BCUT2D eigenvalue weighted by Crippen LogP contribution is 2.19. The summed E-state index contributed by atoms with van der Waals surface area (Å²) in [6, 6.07) is 8.38. The molecule has 0 unspecified atom stereocenters. The van der Waals surface area contributed by atoms with Gasteiger partial charge in [0.15, 0.2) is 0 Å². The third kappa shape index (κ3) is 3.89. The molecule has 1 heterocycles. The number of aryl methyl sites for hydroxylation is 1. The number of aromatic amines is 1. The summed E-state index contributed by atoms with van der Waals surface area (Å²) in [6.07, 6.45) is 3.75. The predicted octanol–water partition coefficient (Wildman–Crippen LogP) is 3.06. The van der Waals surface area contributed by atoms with E-state index in [0.717, 1.165) is 30.0 Å². The summed E-state index contributed by atoms with van der Waals surface area (Å²) in [4.78, 5) is 0. The molecule has 2 aromatic rings. The van der Waals surface area contributed by atoms with E-state index in [1.807, 2.05) is 0 Å². The van der Waals surface area contributed by atoms with Gasteiger partial charge in [-0.15, -0.1) is 5.10 Å². The molecule has 1 aromatic heterocycles. The first-order chi connectivity index (χ1) is 9.31. The molecule has 2 N–H and O–H groups in total. The van der Waals surface area contributed by atoms with Gasteiger partial charge in [0.2, 0.25) is 0 Å². The number of hydrogen-bond donors (Lipinski definition) is 2. The standard InChI is InChI=1S/C15H22N4/c1-3-4-5-10-16-11-14-15(18-19-17-14)13-8-6-12(2)7-9-13/h6-9,16H,3-5,10-11H2,1-2H3,(H,17,18,19). The molecule has 0 amide bonds. The Hall–Kier alpha value is -1.68. The van der Waals surface area contributed by atoms with Crippen molar-refractivity contribution < 1.29 is 0 Å². The fraction of sp³-hybridized carbons (Fsp3) is 0.467. The fourth-order valence-corrected chi connectivity index (χ4v) is 2.03. The molecule has 0 aliphatic carbocycles. The molecule has 19 heavy (non-hydrogen) atoms. The van der Waals surface area contributed by atoms with Crippen molar-refractivity contribution in [1.29, 1.82) is 0 Å². The van der Waals surface area contributed by atoms with Crippen LogP contribution in [0, 0.1) is 6.92 Å². The minimum absolute atomic E-state index is 0.792. The number of H-pyrrole nitrogens is 1. The Morgan fingerprint density at radius 2 is 1.95 bits per heavy atom. The van der Waals surface area contributed by atoms with Crippen LogP contribution < -0.4 is 5.32 Å². The summed E-state index contributed by atoms with van der Waals surface area (Å²) < 4.78 is 0. The molecule has 102 valence electrons. The Morgan fingerprint density at radius 1 is 1.16 bits per heavy atom. The van der Waals surface area contributed by atoms with E-state index in [4.69, 9.17) is 0 Å². The topological polar surface area (TPSA) is 53.6 Å². The van der Waals surface area contributed by atoms with Crippen LogP contribution in [0.1, 0.15) is 37.4 Å². The first kappa shape index (κ1) is 13.7. The molecule has 0 atom stereocenters. The van der Waals surface area contributed by atoms with Gasteiger partial charge in [0.05, 0.1) is 5.69 Å². The van der Waals surface area contributed by atoms with Crippen molar-refractivity contribution in [2.45, 2.75) is 39.7 Å². The minimum atomic E-state index is 0.792. The molecule has 4 nitrogen and oxygen atoms in total. The van der Waals surface area contributed by atoms with E-state index in [2.05, 4.69) is 58.8 Å². The van der Waals surface area contributed by atoms with E-state index in [1.54, 1.807) is 0 Å². The second-order valence-corrected chi connectivity index (χ2v) is 4.89. The molecule has 0 fully saturated rings. The molecule has 0 bridgehead atoms. The summed E-state index contributed by atoms with van der Waals surface area (Å²) in [5.41, 5.74) is 4.37. The van der Waals surface area contributed by atoms with Gasteiger partial charge in [-0.2, -0.15) is 0 Å². The average molecular weight is 258 g/mol. The van der Waals surface area contributed by atoms with E-state index in [0.29, 0.717) is 0 Å². The number of nitrogens with zero attached hydrogens (tertiary/aromatic N) is 2. The molecule has 0 saturated carbocycles. The van der Waals surface area contributed by atoms with Crippen LogP contribution in [0.5, 0.6) is 0 Å².